The Hall–Kier alpha value is -1.89. The lowest BCUT2D eigenvalue weighted by atomic mass is 10.2. The van der Waals surface area contributed by atoms with Crippen LogP contribution < -0.4 is 0 Å². The Morgan fingerprint density at radius 2 is 1.83 bits per heavy atom. The third kappa shape index (κ3) is 2.35. The van der Waals surface area contributed by atoms with Crippen molar-refractivity contribution >= 4 is 0 Å². The van der Waals surface area contributed by atoms with E-state index in [2.05, 4.69) is 10.3 Å². The van der Waals surface area contributed by atoms with Crippen LogP contribution in [0.5, 0.6) is 0 Å². The number of hydrogen-bond acceptors (Lipinski definition) is 3. The van der Waals surface area contributed by atoms with Gasteiger partial charge in [0.15, 0.2) is 0 Å². The van der Waals surface area contributed by atoms with E-state index in [0.29, 0.717) is 11.4 Å². The third-order valence-corrected chi connectivity index (χ3v) is 2.44. The zero-order valence-corrected chi connectivity index (χ0v) is 9.39. The summed E-state index contributed by atoms with van der Waals surface area (Å²) in [6, 6.07) is 4.48. The first-order chi connectivity index (χ1) is 8.39. The van der Waals surface area contributed by atoms with Gasteiger partial charge in [-0.05, 0) is 31.2 Å². The first-order valence-corrected chi connectivity index (χ1v) is 5.16. The summed E-state index contributed by atoms with van der Waals surface area (Å²) < 4.78 is 38.5. The molecule has 0 aliphatic carbocycles. The molecular weight excluding hydrogens is 247 g/mol. The molecule has 2 aromatic rings. The van der Waals surface area contributed by atoms with Gasteiger partial charge in [-0.25, -0.2) is 4.68 Å². The molecule has 4 nitrogen and oxygen atoms in total. The van der Waals surface area contributed by atoms with Crippen LogP contribution in [0.4, 0.5) is 13.2 Å². The van der Waals surface area contributed by atoms with Crippen LogP contribution in [0.2, 0.25) is 0 Å². The topological polar surface area (TPSA) is 50.9 Å². The van der Waals surface area contributed by atoms with Crippen molar-refractivity contribution in [2.75, 3.05) is 0 Å². The Balaban J connectivity index is 2.38. The molecule has 1 N–H and O–H groups in total. The van der Waals surface area contributed by atoms with E-state index in [9.17, 15) is 18.3 Å². The molecule has 18 heavy (non-hydrogen) atoms. The third-order valence-electron chi connectivity index (χ3n) is 2.44. The average Bonchev–Trinajstić information content (AvgIpc) is 2.77. The maximum Gasteiger partial charge on any atom is 0.416 e. The van der Waals surface area contributed by atoms with Gasteiger partial charge in [0.1, 0.15) is 0 Å². The van der Waals surface area contributed by atoms with E-state index in [0.717, 1.165) is 12.1 Å². The van der Waals surface area contributed by atoms with Crippen LogP contribution in [0, 0.1) is 0 Å². The number of nitrogens with zero attached hydrogens (tertiary/aromatic N) is 3. The van der Waals surface area contributed by atoms with Crippen LogP contribution in [0.1, 0.15) is 24.3 Å². The van der Waals surface area contributed by atoms with Crippen molar-refractivity contribution in [1.82, 2.24) is 15.0 Å². The van der Waals surface area contributed by atoms with Gasteiger partial charge in [0.25, 0.3) is 0 Å². The fraction of sp³-hybridized carbons (Fsp3) is 0.273. The lowest BCUT2D eigenvalue weighted by molar-refractivity contribution is -0.137. The number of hydrogen-bond donors (Lipinski definition) is 1. The van der Waals surface area contributed by atoms with E-state index in [1.165, 1.54) is 29.9 Å². The van der Waals surface area contributed by atoms with E-state index in [1.54, 1.807) is 0 Å². The van der Waals surface area contributed by atoms with E-state index in [1.807, 2.05) is 0 Å². The van der Waals surface area contributed by atoms with Gasteiger partial charge < -0.3 is 5.11 Å². The van der Waals surface area contributed by atoms with Crippen molar-refractivity contribution in [1.29, 1.82) is 0 Å². The van der Waals surface area contributed by atoms with Crippen LogP contribution in [-0.2, 0) is 6.18 Å². The molecule has 7 heteroatoms. The zero-order valence-electron chi connectivity index (χ0n) is 9.39. The molecule has 0 saturated carbocycles. The van der Waals surface area contributed by atoms with Crippen molar-refractivity contribution in [3.63, 3.8) is 0 Å². The molecule has 0 radical (unpaired) electrons. The van der Waals surface area contributed by atoms with Crippen LogP contribution >= 0.6 is 0 Å². The van der Waals surface area contributed by atoms with Crippen molar-refractivity contribution in [3.8, 4) is 5.69 Å². The molecule has 2 rings (SSSR count). The Morgan fingerprint density at radius 1 is 1.22 bits per heavy atom. The zero-order chi connectivity index (χ0) is 13.3. The minimum absolute atomic E-state index is 0.412. The molecule has 96 valence electrons. The smallest absolute Gasteiger partial charge is 0.387 e. The fourth-order valence-corrected chi connectivity index (χ4v) is 1.52. The molecule has 0 amide bonds. The van der Waals surface area contributed by atoms with Gasteiger partial charge in [0, 0.05) is 0 Å². The fourth-order valence-electron chi connectivity index (χ4n) is 1.52. The predicted octanol–water partition coefficient (Wildman–Crippen LogP) is 2.34. The van der Waals surface area contributed by atoms with Gasteiger partial charge in [-0.1, -0.05) is 5.21 Å². The SMILES string of the molecule is CC(O)c1cnnn1-c1ccc(C(F)(F)F)cc1. The maximum absolute atomic E-state index is 12.4. The van der Waals surface area contributed by atoms with Gasteiger partial charge in [-0.3, -0.25) is 0 Å². The second-order valence-electron chi connectivity index (χ2n) is 3.79. The Kier molecular flexibility index (Phi) is 3.08. The second-order valence-corrected chi connectivity index (χ2v) is 3.79. The summed E-state index contributed by atoms with van der Waals surface area (Å²) in [6.07, 6.45) is -3.81. The largest absolute Gasteiger partial charge is 0.416 e. The average molecular weight is 257 g/mol. The van der Waals surface area contributed by atoms with Crippen molar-refractivity contribution < 1.29 is 18.3 Å². The minimum Gasteiger partial charge on any atom is -0.387 e. The number of rotatable bonds is 2. The molecule has 0 aliphatic heterocycles. The normalized spacial score (nSPS) is 13.6. The summed E-state index contributed by atoms with van der Waals surface area (Å²) >= 11 is 0. The van der Waals surface area contributed by atoms with E-state index < -0.39 is 17.8 Å². The molecule has 0 saturated heterocycles. The molecule has 0 aliphatic rings. The summed E-state index contributed by atoms with van der Waals surface area (Å²) in [6.45, 7) is 1.53. The number of aliphatic hydroxyl groups is 1. The molecule has 0 bridgehead atoms. The van der Waals surface area contributed by atoms with E-state index >= 15 is 0 Å². The molecule has 1 heterocycles. The van der Waals surface area contributed by atoms with Crippen LogP contribution in [0.25, 0.3) is 5.69 Å². The van der Waals surface area contributed by atoms with Gasteiger partial charge in [-0.2, -0.15) is 13.2 Å². The second kappa shape index (κ2) is 4.41. The van der Waals surface area contributed by atoms with Crippen LogP contribution in [0.15, 0.2) is 30.5 Å². The van der Waals surface area contributed by atoms with Crippen LogP contribution in [-0.4, -0.2) is 20.1 Å². The lowest BCUT2D eigenvalue weighted by Crippen LogP contribution is -2.07. The monoisotopic (exact) mass is 257 g/mol. The molecule has 1 aromatic carbocycles. The quantitative estimate of drug-likeness (QED) is 0.898. The molecule has 1 unspecified atom stereocenters. The summed E-state index contributed by atoms with van der Waals surface area (Å²) in [4.78, 5) is 0. The summed E-state index contributed by atoms with van der Waals surface area (Å²) in [5.74, 6) is 0. The molecule has 1 atom stereocenters. The van der Waals surface area contributed by atoms with E-state index in [4.69, 9.17) is 0 Å². The van der Waals surface area contributed by atoms with E-state index in [-0.39, 0.29) is 0 Å². The molecule has 0 spiro atoms. The molecule has 1 aromatic heterocycles. The van der Waals surface area contributed by atoms with Gasteiger partial charge in [0.05, 0.1) is 29.2 Å². The van der Waals surface area contributed by atoms with Crippen molar-refractivity contribution in [2.24, 2.45) is 0 Å². The first kappa shape index (κ1) is 12.6. The number of halogens is 3. The first-order valence-electron chi connectivity index (χ1n) is 5.16. The molecule has 0 fully saturated rings. The lowest BCUT2D eigenvalue weighted by Gasteiger charge is -2.10. The number of aliphatic hydroxyl groups excluding tert-OH is 1. The summed E-state index contributed by atoms with van der Waals surface area (Å²) in [5, 5.41) is 16.8. The molecular formula is C11H10F3N3O. The van der Waals surface area contributed by atoms with Crippen LogP contribution in [0.3, 0.4) is 0 Å². The highest BCUT2D eigenvalue weighted by Crippen LogP contribution is 2.29. The Morgan fingerprint density at radius 3 is 2.33 bits per heavy atom. The Bertz CT molecular complexity index is 531. The van der Waals surface area contributed by atoms with Gasteiger partial charge in [0.2, 0.25) is 0 Å². The summed E-state index contributed by atoms with van der Waals surface area (Å²) in [7, 11) is 0. The standard InChI is InChI=1S/C11H10F3N3O/c1-7(18)10-6-15-16-17(10)9-4-2-8(3-5-9)11(12,13)14/h2-7,18H,1H3. The number of benzene rings is 1. The highest BCUT2D eigenvalue weighted by molar-refractivity contribution is 5.36. The summed E-state index contributed by atoms with van der Waals surface area (Å²) in [5.41, 5.74) is 0.0936. The highest BCUT2D eigenvalue weighted by Gasteiger charge is 2.30. The Labute approximate surface area is 101 Å². The van der Waals surface area contributed by atoms with Crippen molar-refractivity contribution in [2.45, 2.75) is 19.2 Å². The van der Waals surface area contributed by atoms with Gasteiger partial charge in [-0.15, -0.1) is 5.10 Å². The highest BCUT2D eigenvalue weighted by atomic mass is 19.4. The maximum atomic E-state index is 12.4. The number of aromatic nitrogens is 3. The predicted molar refractivity (Wildman–Crippen MR) is 57.0 cm³/mol. The minimum atomic E-state index is -4.37. The van der Waals surface area contributed by atoms with Gasteiger partial charge >= 0.3 is 6.18 Å². The number of alkyl halides is 3. The van der Waals surface area contributed by atoms with Crippen molar-refractivity contribution in [3.05, 3.63) is 41.7 Å².